The van der Waals surface area contributed by atoms with Crippen molar-refractivity contribution < 1.29 is 9.59 Å². The van der Waals surface area contributed by atoms with Crippen LogP contribution in [0.5, 0.6) is 0 Å². The first-order chi connectivity index (χ1) is 5.25. The summed E-state index contributed by atoms with van der Waals surface area (Å²) in [5.74, 6) is -0.392. The summed E-state index contributed by atoms with van der Waals surface area (Å²) in [6.45, 7) is 0. The SMILES string of the molecule is O=C(CBr)C(=O)C1CCCC1. The van der Waals surface area contributed by atoms with Gasteiger partial charge in [0.25, 0.3) is 0 Å². The van der Waals surface area contributed by atoms with Crippen molar-refractivity contribution in [2.45, 2.75) is 25.7 Å². The highest BCUT2D eigenvalue weighted by Crippen LogP contribution is 2.25. The second-order valence-corrected chi connectivity index (χ2v) is 3.46. The molecule has 1 fully saturated rings. The first kappa shape index (κ1) is 8.91. The maximum atomic E-state index is 11.2. The molecular weight excluding hydrogens is 208 g/mol. The Hall–Kier alpha value is -0.180. The first-order valence-corrected chi connectivity index (χ1v) is 5.01. The number of alkyl halides is 1. The second-order valence-electron chi connectivity index (χ2n) is 2.90. The van der Waals surface area contributed by atoms with Crippen LogP contribution < -0.4 is 0 Å². The largest absolute Gasteiger partial charge is 0.291 e. The maximum Gasteiger partial charge on any atom is 0.209 e. The molecule has 11 heavy (non-hydrogen) atoms. The molecule has 0 aliphatic heterocycles. The van der Waals surface area contributed by atoms with Crippen molar-refractivity contribution in [3.05, 3.63) is 0 Å². The Balaban J connectivity index is 2.46. The first-order valence-electron chi connectivity index (χ1n) is 3.88. The molecule has 2 nitrogen and oxygen atoms in total. The van der Waals surface area contributed by atoms with Gasteiger partial charge in [0.1, 0.15) is 0 Å². The Bertz CT molecular complexity index is 171. The smallest absolute Gasteiger partial charge is 0.209 e. The maximum absolute atomic E-state index is 11.2. The zero-order valence-corrected chi connectivity index (χ0v) is 7.89. The van der Waals surface area contributed by atoms with Crippen LogP contribution in [0.15, 0.2) is 0 Å². The monoisotopic (exact) mass is 218 g/mol. The molecule has 62 valence electrons. The Morgan fingerprint density at radius 3 is 2.27 bits per heavy atom. The van der Waals surface area contributed by atoms with E-state index >= 15 is 0 Å². The third-order valence-corrected chi connectivity index (χ3v) is 2.63. The van der Waals surface area contributed by atoms with Crippen molar-refractivity contribution in [2.75, 3.05) is 5.33 Å². The molecule has 0 atom stereocenters. The van der Waals surface area contributed by atoms with Gasteiger partial charge in [0.2, 0.25) is 11.6 Å². The van der Waals surface area contributed by atoms with E-state index in [0.717, 1.165) is 25.7 Å². The fourth-order valence-corrected chi connectivity index (χ4v) is 1.76. The Kier molecular flexibility index (Phi) is 3.24. The number of carbonyl (C=O) groups is 2. The summed E-state index contributed by atoms with van der Waals surface area (Å²) in [5, 5.41) is 0.183. The van der Waals surface area contributed by atoms with E-state index in [9.17, 15) is 9.59 Å². The quantitative estimate of drug-likeness (QED) is 0.534. The molecule has 0 unspecified atom stereocenters. The summed E-state index contributed by atoms with van der Waals surface area (Å²) in [7, 11) is 0. The van der Waals surface area contributed by atoms with Crippen LogP contribution in [0.4, 0.5) is 0 Å². The molecule has 0 saturated heterocycles. The van der Waals surface area contributed by atoms with E-state index in [0.29, 0.717) is 0 Å². The number of Topliss-reactive ketones (excluding diaryl/α,β-unsaturated/α-hetero) is 2. The van der Waals surface area contributed by atoms with Gasteiger partial charge in [-0.2, -0.15) is 0 Å². The van der Waals surface area contributed by atoms with Crippen LogP contribution in [0.1, 0.15) is 25.7 Å². The molecule has 0 spiro atoms. The van der Waals surface area contributed by atoms with Crippen LogP contribution in [0.3, 0.4) is 0 Å². The van der Waals surface area contributed by atoms with Crippen molar-refractivity contribution in [1.82, 2.24) is 0 Å². The van der Waals surface area contributed by atoms with E-state index in [1.54, 1.807) is 0 Å². The molecule has 0 aromatic heterocycles. The van der Waals surface area contributed by atoms with E-state index in [4.69, 9.17) is 0 Å². The normalized spacial score (nSPS) is 18.6. The lowest BCUT2D eigenvalue weighted by Crippen LogP contribution is -2.22. The fraction of sp³-hybridized carbons (Fsp3) is 0.750. The standard InChI is InChI=1S/C8H11BrO2/c9-5-7(10)8(11)6-3-1-2-4-6/h6H,1-5H2. The van der Waals surface area contributed by atoms with Crippen molar-refractivity contribution in [1.29, 1.82) is 0 Å². The van der Waals surface area contributed by atoms with E-state index in [1.807, 2.05) is 0 Å². The van der Waals surface area contributed by atoms with Gasteiger partial charge in [-0.3, -0.25) is 9.59 Å². The predicted octanol–water partition coefficient (Wildman–Crippen LogP) is 1.71. The molecule has 1 aliphatic rings. The van der Waals surface area contributed by atoms with E-state index < -0.39 is 0 Å². The lowest BCUT2D eigenvalue weighted by molar-refractivity contribution is -0.137. The van der Waals surface area contributed by atoms with Crippen molar-refractivity contribution in [3.8, 4) is 0 Å². The zero-order valence-electron chi connectivity index (χ0n) is 6.31. The van der Waals surface area contributed by atoms with Gasteiger partial charge in [0.15, 0.2) is 0 Å². The van der Waals surface area contributed by atoms with Gasteiger partial charge in [0.05, 0.1) is 5.33 Å². The number of halogens is 1. The average molecular weight is 219 g/mol. The molecular formula is C8H11BrO2. The molecule has 0 aromatic carbocycles. The minimum atomic E-state index is -0.267. The van der Waals surface area contributed by atoms with Crippen LogP contribution in [-0.4, -0.2) is 16.9 Å². The predicted molar refractivity (Wildman–Crippen MR) is 45.8 cm³/mol. The van der Waals surface area contributed by atoms with Crippen molar-refractivity contribution >= 4 is 27.5 Å². The highest BCUT2D eigenvalue weighted by Gasteiger charge is 2.26. The van der Waals surface area contributed by atoms with Gasteiger partial charge in [-0.15, -0.1) is 0 Å². The number of rotatable bonds is 3. The molecule has 1 rings (SSSR count). The molecule has 1 aliphatic carbocycles. The van der Waals surface area contributed by atoms with Gasteiger partial charge in [-0.25, -0.2) is 0 Å². The van der Waals surface area contributed by atoms with Gasteiger partial charge in [-0.05, 0) is 12.8 Å². The number of ketones is 2. The summed E-state index contributed by atoms with van der Waals surface area (Å²) in [4.78, 5) is 22.1. The summed E-state index contributed by atoms with van der Waals surface area (Å²) >= 11 is 2.99. The molecule has 1 saturated carbocycles. The zero-order chi connectivity index (χ0) is 8.27. The highest BCUT2D eigenvalue weighted by molar-refractivity contribution is 9.09. The minimum Gasteiger partial charge on any atom is -0.291 e. The molecule has 0 heterocycles. The van der Waals surface area contributed by atoms with Crippen LogP contribution >= 0.6 is 15.9 Å². The van der Waals surface area contributed by atoms with Crippen LogP contribution in [-0.2, 0) is 9.59 Å². The summed E-state index contributed by atoms with van der Waals surface area (Å²) in [6, 6.07) is 0. The number of carbonyl (C=O) groups excluding carboxylic acids is 2. The molecule has 0 bridgehead atoms. The van der Waals surface area contributed by atoms with Gasteiger partial charge >= 0.3 is 0 Å². The van der Waals surface area contributed by atoms with E-state index in [2.05, 4.69) is 15.9 Å². The van der Waals surface area contributed by atoms with E-state index in [1.165, 1.54) is 0 Å². The number of hydrogen-bond donors (Lipinski definition) is 0. The Labute approximate surface area is 74.5 Å². The molecule has 0 amide bonds. The molecule has 0 radical (unpaired) electrons. The van der Waals surface area contributed by atoms with Crippen LogP contribution in [0.2, 0.25) is 0 Å². The topological polar surface area (TPSA) is 34.1 Å². The number of hydrogen-bond acceptors (Lipinski definition) is 2. The van der Waals surface area contributed by atoms with Crippen molar-refractivity contribution in [2.24, 2.45) is 5.92 Å². The molecule has 0 aromatic rings. The Morgan fingerprint density at radius 1 is 1.27 bits per heavy atom. The minimum absolute atomic E-state index is 0.0417. The van der Waals surface area contributed by atoms with Crippen molar-refractivity contribution in [3.63, 3.8) is 0 Å². The van der Waals surface area contributed by atoms with Gasteiger partial charge < -0.3 is 0 Å². The second kappa shape index (κ2) is 4.00. The van der Waals surface area contributed by atoms with Crippen LogP contribution in [0, 0.1) is 5.92 Å². The fourth-order valence-electron chi connectivity index (χ4n) is 1.48. The van der Waals surface area contributed by atoms with E-state index in [-0.39, 0.29) is 22.8 Å². The summed E-state index contributed by atoms with van der Waals surface area (Å²) in [5.41, 5.74) is 0. The lowest BCUT2D eigenvalue weighted by Gasteiger charge is -2.03. The summed E-state index contributed by atoms with van der Waals surface area (Å²) in [6.07, 6.45) is 4.03. The van der Waals surface area contributed by atoms with Gasteiger partial charge in [0, 0.05) is 5.92 Å². The average Bonchev–Trinajstić information content (AvgIpc) is 2.53. The third-order valence-electron chi connectivity index (χ3n) is 2.12. The lowest BCUT2D eigenvalue weighted by atomic mass is 10.0. The highest BCUT2D eigenvalue weighted by atomic mass is 79.9. The molecule has 3 heteroatoms. The van der Waals surface area contributed by atoms with Gasteiger partial charge in [-0.1, -0.05) is 28.8 Å². The summed E-state index contributed by atoms with van der Waals surface area (Å²) < 4.78 is 0. The van der Waals surface area contributed by atoms with Crippen LogP contribution in [0.25, 0.3) is 0 Å². The molecule has 0 N–H and O–H groups in total. The Morgan fingerprint density at radius 2 is 1.82 bits per heavy atom. The third kappa shape index (κ3) is 2.12.